The van der Waals surface area contributed by atoms with Crippen LogP contribution in [0.15, 0.2) is 34.1 Å². The van der Waals surface area contributed by atoms with Gasteiger partial charge in [-0.25, -0.2) is 14.8 Å². The van der Waals surface area contributed by atoms with Crippen LogP contribution in [0.3, 0.4) is 0 Å². The third-order valence-electron chi connectivity index (χ3n) is 6.90. The smallest absolute Gasteiger partial charge is 0.333 e. The molecule has 3 aromatic heterocycles. The van der Waals surface area contributed by atoms with E-state index in [9.17, 15) is 9.59 Å². The van der Waals surface area contributed by atoms with Gasteiger partial charge in [-0.3, -0.25) is 9.20 Å². The molecule has 0 aromatic carbocycles. The van der Waals surface area contributed by atoms with Gasteiger partial charge in [0.05, 0.1) is 36.1 Å². The van der Waals surface area contributed by atoms with E-state index in [-0.39, 0.29) is 12.2 Å². The minimum Gasteiger partial charge on any atom is -0.463 e. The zero-order valence-corrected chi connectivity index (χ0v) is 21.7. The largest absolute Gasteiger partial charge is 0.463 e. The van der Waals surface area contributed by atoms with E-state index >= 15 is 0 Å². The average molecular weight is 509 g/mol. The highest BCUT2D eigenvalue weighted by molar-refractivity contribution is 7.09. The number of anilines is 1. The van der Waals surface area contributed by atoms with Gasteiger partial charge in [0.1, 0.15) is 11.5 Å². The summed E-state index contributed by atoms with van der Waals surface area (Å²) in [6, 6.07) is 3.95. The van der Waals surface area contributed by atoms with Crippen LogP contribution in [0.5, 0.6) is 0 Å². The van der Waals surface area contributed by atoms with Crippen molar-refractivity contribution in [2.24, 2.45) is 0 Å². The van der Waals surface area contributed by atoms with Crippen LogP contribution in [0.25, 0.3) is 11.7 Å². The molecule has 1 aliphatic heterocycles. The highest BCUT2D eigenvalue weighted by Gasteiger charge is 2.23. The quantitative estimate of drug-likeness (QED) is 0.336. The number of nitrogens with zero attached hydrogens (tertiary/aromatic N) is 4. The summed E-state index contributed by atoms with van der Waals surface area (Å²) in [5, 5.41) is 3.37. The maximum atomic E-state index is 13.6. The first kappa shape index (κ1) is 24.6. The Balaban J connectivity index is 1.45. The van der Waals surface area contributed by atoms with Gasteiger partial charge in [-0.15, -0.1) is 11.3 Å². The summed E-state index contributed by atoms with van der Waals surface area (Å²) in [7, 11) is 0. The number of hydrogen-bond donors (Lipinski definition) is 0. The summed E-state index contributed by atoms with van der Waals surface area (Å²) in [5.41, 5.74) is 3.51. The van der Waals surface area contributed by atoms with Crippen LogP contribution in [-0.4, -0.2) is 53.2 Å². The lowest BCUT2D eigenvalue weighted by Gasteiger charge is -2.29. The molecule has 2 aliphatic rings. The molecule has 1 saturated heterocycles. The van der Waals surface area contributed by atoms with Crippen molar-refractivity contribution < 1.29 is 14.3 Å². The molecule has 0 amide bonds. The maximum Gasteiger partial charge on any atom is 0.333 e. The molecule has 1 aliphatic carbocycles. The molecule has 3 aromatic rings. The fourth-order valence-corrected chi connectivity index (χ4v) is 5.46. The molecule has 5 rings (SSSR count). The second-order valence-corrected chi connectivity index (χ2v) is 10.3. The second kappa shape index (κ2) is 10.9. The van der Waals surface area contributed by atoms with Crippen molar-refractivity contribution in [3.8, 4) is 0 Å². The van der Waals surface area contributed by atoms with Crippen molar-refractivity contribution in [3.05, 3.63) is 61.5 Å². The lowest BCUT2D eigenvalue weighted by atomic mass is 9.83. The Morgan fingerprint density at radius 1 is 1.25 bits per heavy atom. The minimum atomic E-state index is -0.437. The summed E-state index contributed by atoms with van der Waals surface area (Å²) in [6.45, 7) is 6.10. The number of esters is 1. The predicted molar refractivity (Wildman–Crippen MR) is 141 cm³/mol. The Morgan fingerprint density at radius 3 is 2.78 bits per heavy atom. The molecule has 36 heavy (non-hydrogen) atoms. The van der Waals surface area contributed by atoms with E-state index < -0.39 is 5.97 Å². The molecule has 0 spiro atoms. The van der Waals surface area contributed by atoms with Crippen molar-refractivity contribution in [1.82, 2.24) is 14.4 Å². The number of rotatable bonds is 8. The molecule has 4 heterocycles. The zero-order valence-electron chi connectivity index (χ0n) is 20.9. The van der Waals surface area contributed by atoms with E-state index in [0.29, 0.717) is 54.8 Å². The zero-order chi connectivity index (χ0) is 25.1. The second-order valence-electron chi connectivity index (χ2n) is 9.36. The molecule has 0 N–H and O–H groups in total. The van der Waals surface area contributed by atoms with Gasteiger partial charge in [0, 0.05) is 42.6 Å². The number of thiazole rings is 1. The van der Waals surface area contributed by atoms with E-state index in [2.05, 4.69) is 10.3 Å². The van der Waals surface area contributed by atoms with Gasteiger partial charge >= 0.3 is 5.97 Å². The molecule has 0 unspecified atom stereocenters. The molecule has 2 fully saturated rings. The molecular weight excluding hydrogens is 476 g/mol. The minimum absolute atomic E-state index is 0.207. The van der Waals surface area contributed by atoms with Crippen LogP contribution in [0.1, 0.15) is 60.9 Å². The fourth-order valence-electron chi connectivity index (χ4n) is 4.58. The van der Waals surface area contributed by atoms with Crippen LogP contribution in [0.2, 0.25) is 0 Å². The monoisotopic (exact) mass is 508 g/mol. The molecule has 0 atom stereocenters. The van der Waals surface area contributed by atoms with Crippen molar-refractivity contribution in [2.75, 3.05) is 37.8 Å². The highest BCUT2D eigenvalue weighted by atomic mass is 32.1. The number of pyridine rings is 1. The van der Waals surface area contributed by atoms with Gasteiger partial charge in [0.25, 0.3) is 5.56 Å². The van der Waals surface area contributed by atoms with Gasteiger partial charge in [-0.2, -0.15) is 0 Å². The van der Waals surface area contributed by atoms with Crippen LogP contribution in [0, 0.1) is 0 Å². The van der Waals surface area contributed by atoms with Gasteiger partial charge in [0.2, 0.25) is 0 Å². The molecule has 0 bridgehead atoms. The lowest BCUT2D eigenvalue weighted by Crippen LogP contribution is -2.38. The van der Waals surface area contributed by atoms with Gasteiger partial charge < -0.3 is 14.4 Å². The predicted octanol–water partition coefficient (Wildman–Crippen LogP) is 4.01. The molecule has 0 radical (unpaired) electrons. The Labute approximate surface area is 214 Å². The summed E-state index contributed by atoms with van der Waals surface area (Å²) < 4.78 is 12.2. The van der Waals surface area contributed by atoms with E-state index in [4.69, 9.17) is 19.4 Å². The standard InChI is InChI=1S/C27H32N4O4S/c1-3-35-27(33)18(2)15-21-25(30-11-13-34-14-12-30)29-23-16-19(9-10-31(23)26(21)32)7-8-24-28-22(17-36-24)20-5-4-6-20/h9-10,15-17,20H,3-8,11-14H2,1-2H3/b18-15+. The van der Waals surface area contributed by atoms with Crippen molar-refractivity contribution in [1.29, 1.82) is 0 Å². The summed E-state index contributed by atoms with van der Waals surface area (Å²) in [5.74, 6) is 0.795. The first-order valence-electron chi connectivity index (χ1n) is 12.7. The van der Waals surface area contributed by atoms with E-state index in [0.717, 1.165) is 23.4 Å². The van der Waals surface area contributed by atoms with Gasteiger partial charge in [0.15, 0.2) is 0 Å². The number of aryl methyl sites for hydroxylation is 2. The van der Waals surface area contributed by atoms with E-state index in [1.165, 1.54) is 25.0 Å². The Hall–Kier alpha value is -3.04. The first-order chi connectivity index (χ1) is 17.5. The average Bonchev–Trinajstić information content (AvgIpc) is 3.31. The van der Waals surface area contributed by atoms with Crippen LogP contribution in [-0.2, 0) is 27.1 Å². The van der Waals surface area contributed by atoms with Crippen LogP contribution >= 0.6 is 11.3 Å². The number of morpholine rings is 1. The topological polar surface area (TPSA) is 86.0 Å². The number of fused-ring (bicyclic) bond motifs is 1. The van der Waals surface area contributed by atoms with E-state index in [1.807, 2.05) is 12.1 Å². The number of ether oxygens (including phenoxy) is 2. The number of aromatic nitrogens is 3. The Morgan fingerprint density at radius 2 is 2.06 bits per heavy atom. The van der Waals surface area contributed by atoms with Crippen molar-refractivity contribution in [3.63, 3.8) is 0 Å². The highest BCUT2D eigenvalue weighted by Crippen LogP contribution is 2.36. The maximum absolute atomic E-state index is 13.6. The molecule has 8 nitrogen and oxygen atoms in total. The first-order valence-corrected chi connectivity index (χ1v) is 13.6. The summed E-state index contributed by atoms with van der Waals surface area (Å²) in [6.07, 6.45) is 8.91. The fraction of sp³-hybridized carbons (Fsp3) is 0.481. The molecular formula is C27H32N4O4S. The third-order valence-corrected chi connectivity index (χ3v) is 7.83. The van der Waals surface area contributed by atoms with Crippen molar-refractivity contribution in [2.45, 2.75) is 51.9 Å². The molecule has 9 heteroatoms. The third kappa shape index (κ3) is 5.22. The summed E-state index contributed by atoms with van der Waals surface area (Å²) in [4.78, 5) is 37.6. The van der Waals surface area contributed by atoms with Crippen molar-refractivity contribution >= 4 is 34.8 Å². The molecule has 190 valence electrons. The lowest BCUT2D eigenvalue weighted by molar-refractivity contribution is -0.138. The van der Waals surface area contributed by atoms with Gasteiger partial charge in [-0.05, 0) is 56.9 Å². The Bertz CT molecular complexity index is 1340. The van der Waals surface area contributed by atoms with E-state index in [1.54, 1.807) is 41.9 Å². The number of carbonyl (C=O) groups is 1. The SMILES string of the molecule is CCOC(=O)/C(C)=C/c1c(N2CCOCC2)nc2cc(CCc3nc(C4CCC4)cs3)ccn2c1=O. The van der Waals surface area contributed by atoms with Gasteiger partial charge in [-0.1, -0.05) is 6.42 Å². The summed E-state index contributed by atoms with van der Waals surface area (Å²) >= 11 is 1.74. The molecule has 1 saturated carbocycles. The van der Waals surface area contributed by atoms with Crippen LogP contribution in [0.4, 0.5) is 5.82 Å². The van der Waals surface area contributed by atoms with Crippen LogP contribution < -0.4 is 10.5 Å². The number of carbonyl (C=O) groups excluding carboxylic acids is 1. The number of hydrogen-bond acceptors (Lipinski definition) is 8. The Kier molecular flexibility index (Phi) is 7.48. The normalized spacial score (nSPS) is 16.8.